The van der Waals surface area contributed by atoms with Gasteiger partial charge in [-0.2, -0.15) is 0 Å². The molecule has 1 aromatic heterocycles. The number of hydrogen-bond acceptors (Lipinski definition) is 12. The van der Waals surface area contributed by atoms with E-state index >= 15 is 0 Å². The zero-order valence-corrected chi connectivity index (χ0v) is 37.2. The predicted molar refractivity (Wildman–Crippen MR) is 251 cm³/mol. The molecule has 0 radical (unpaired) electrons. The first-order valence-electron chi connectivity index (χ1n) is 22.4. The second kappa shape index (κ2) is 21.1. The van der Waals surface area contributed by atoms with E-state index in [-0.39, 0.29) is 65.8 Å². The van der Waals surface area contributed by atoms with Crippen molar-refractivity contribution in [2.75, 3.05) is 53.0 Å². The summed E-state index contributed by atoms with van der Waals surface area (Å²) in [5.74, 6) is -0.569. The fourth-order valence-electron chi connectivity index (χ4n) is 8.71. The van der Waals surface area contributed by atoms with Gasteiger partial charge in [0.2, 0.25) is 11.2 Å². The van der Waals surface area contributed by atoms with Crippen LogP contribution in [0, 0.1) is 5.92 Å². The molecule has 0 unspecified atom stereocenters. The number of aromatic nitrogens is 1. The Labute approximate surface area is 387 Å². The molecule has 2 amide bonds. The summed E-state index contributed by atoms with van der Waals surface area (Å²) in [6, 6.07) is 36.2. The van der Waals surface area contributed by atoms with E-state index in [0.29, 0.717) is 47.5 Å². The molecule has 3 heterocycles. The Balaban J connectivity index is 0.800. The van der Waals surface area contributed by atoms with Crippen LogP contribution >= 0.6 is 0 Å². The Morgan fingerprint density at radius 2 is 1.60 bits per heavy atom. The van der Waals surface area contributed by atoms with Crippen LogP contribution in [0.2, 0.25) is 0 Å². The molecule has 5 aromatic carbocycles. The van der Waals surface area contributed by atoms with Crippen molar-refractivity contribution in [2.24, 2.45) is 5.92 Å². The van der Waals surface area contributed by atoms with Crippen LogP contribution in [-0.2, 0) is 33.0 Å². The van der Waals surface area contributed by atoms with Crippen molar-refractivity contribution < 1.29 is 43.9 Å². The number of aromatic amines is 1. The fraction of sp³-hybridized carbons (Fsp3) is 0.308. The van der Waals surface area contributed by atoms with Crippen molar-refractivity contribution in [3.63, 3.8) is 0 Å². The van der Waals surface area contributed by atoms with Gasteiger partial charge in [0.25, 0.3) is 11.8 Å². The lowest BCUT2D eigenvalue weighted by molar-refractivity contribution is -0.164. The molecule has 2 fully saturated rings. The number of nitrogens with zero attached hydrogens (tertiary/aromatic N) is 2. The summed E-state index contributed by atoms with van der Waals surface area (Å²) in [6.07, 6.45) is 0.798. The number of methoxy groups -OCH3 is 1. The third-order valence-corrected chi connectivity index (χ3v) is 12.5. The Kier molecular flexibility index (Phi) is 14.6. The van der Waals surface area contributed by atoms with Crippen LogP contribution in [0.3, 0.4) is 0 Å². The average Bonchev–Trinajstić information content (AvgIpc) is 3.34. The standard InChI is InChI=1S/C52H55N5O10/c1-65-46-25-36(15-16-37(46)27-53-28-45(59)42-17-19-44(58)49-43(42)18-20-47(60)55-49)50(62)57-30-40(31-57)54-48(61)33-66-41-14-8-13-39(26-41)52(64,38-11-6-3-7-12-38)51(63)67-32-35-21-23-56(24-22-35)29-34-9-4-2-5-10-34/h2-20,25-26,35,40,45,53,58-59,64H,21-24,27-33H2,1H3,(H,54,61)(H,55,60)/t45-,52-/m0/s1. The highest BCUT2D eigenvalue weighted by Gasteiger charge is 2.42. The van der Waals surface area contributed by atoms with Gasteiger partial charge in [-0.15, -0.1) is 0 Å². The molecule has 8 rings (SSSR count). The highest BCUT2D eigenvalue weighted by atomic mass is 16.6. The number of carbonyl (C=O) groups excluding carboxylic acids is 3. The zero-order valence-electron chi connectivity index (χ0n) is 37.2. The van der Waals surface area contributed by atoms with Gasteiger partial charge in [0.05, 0.1) is 31.4 Å². The minimum atomic E-state index is -2.12. The van der Waals surface area contributed by atoms with Crippen LogP contribution in [0.1, 0.15) is 57.1 Å². The number of hydrogen-bond donors (Lipinski definition) is 6. The van der Waals surface area contributed by atoms with Crippen molar-refractivity contribution in [1.82, 2.24) is 25.4 Å². The van der Waals surface area contributed by atoms with Gasteiger partial charge >= 0.3 is 5.97 Å². The summed E-state index contributed by atoms with van der Waals surface area (Å²) >= 11 is 0. The molecule has 2 aliphatic rings. The number of carbonyl (C=O) groups is 3. The van der Waals surface area contributed by atoms with E-state index in [0.717, 1.165) is 38.0 Å². The lowest BCUT2D eigenvalue weighted by Gasteiger charge is -2.39. The molecule has 0 aliphatic carbocycles. The van der Waals surface area contributed by atoms with E-state index in [4.69, 9.17) is 14.2 Å². The van der Waals surface area contributed by atoms with Gasteiger partial charge in [0, 0.05) is 60.9 Å². The first-order valence-corrected chi connectivity index (χ1v) is 22.4. The highest BCUT2D eigenvalue weighted by Crippen LogP contribution is 2.34. The van der Waals surface area contributed by atoms with E-state index in [9.17, 15) is 34.5 Å². The minimum Gasteiger partial charge on any atom is -0.506 e. The SMILES string of the molecule is COc1cc(C(=O)N2CC(NC(=O)COc3cccc([C@](O)(C(=O)OCC4CCN(Cc5ccccc5)CC4)c4ccccc4)c3)C2)ccc1CNC[C@H](O)c1ccc(O)c2[nH]c(=O)ccc12. The van der Waals surface area contributed by atoms with Gasteiger partial charge < -0.3 is 50.0 Å². The number of esters is 1. The summed E-state index contributed by atoms with van der Waals surface area (Å²) in [4.78, 5) is 58.7. The topological polar surface area (TPSA) is 203 Å². The maximum atomic E-state index is 13.9. The number of rotatable bonds is 18. The Morgan fingerprint density at radius 3 is 2.34 bits per heavy atom. The normalized spacial score (nSPS) is 15.8. The third kappa shape index (κ3) is 11.0. The van der Waals surface area contributed by atoms with Gasteiger partial charge in [0.1, 0.15) is 17.2 Å². The van der Waals surface area contributed by atoms with Gasteiger partial charge in [-0.25, -0.2) is 4.79 Å². The Morgan fingerprint density at radius 1 is 0.866 bits per heavy atom. The number of fused-ring (bicyclic) bond motifs is 1. The van der Waals surface area contributed by atoms with Crippen LogP contribution in [0.5, 0.6) is 17.2 Å². The maximum absolute atomic E-state index is 13.9. The highest BCUT2D eigenvalue weighted by molar-refractivity contribution is 5.95. The van der Waals surface area contributed by atoms with E-state index in [1.54, 1.807) is 83.8 Å². The van der Waals surface area contributed by atoms with Crippen molar-refractivity contribution >= 4 is 28.7 Å². The molecule has 0 saturated carbocycles. The molecule has 2 aliphatic heterocycles. The summed E-state index contributed by atoms with van der Waals surface area (Å²) in [5, 5.41) is 39.9. The summed E-state index contributed by atoms with van der Waals surface area (Å²) < 4.78 is 17.3. The quantitative estimate of drug-likeness (QED) is 0.0646. The van der Waals surface area contributed by atoms with Crippen LogP contribution in [0.25, 0.3) is 10.9 Å². The number of aliphatic hydroxyl groups is 2. The number of H-pyrrole nitrogens is 1. The Bertz CT molecular complexity index is 2740. The number of piperidine rings is 1. The lowest BCUT2D eigenvalue weighted by Crippen LogP contribution is -2.61. The van der Waals surface area contributed by atoms with Gasteiger partial charge in [0.15, 0.2) is 6.61 Å². The molecular weight excluding hydrogens is 855 g/mol. The van der Waals surface area contributed by atoms with E-state index < -0.39 is 23.6 Å². The molecule has 67 heavy (non-hydrogen) atoms. The number of aliphatic hydroxyl groups excluding tert-OH is 1. The van der Waals surface area contributed by atoms with E-state index in [1.807, 2.05) is 18.2 Å². The van der Waals surface area contributed by atoms with Crippen molar-refractivity contribution in [3.8, 4) is 17.2 Å². The van der Waals surface area contributed by atoms with Crippen LogP contribution in [0.4, 0.5) is 0 Å². The van der Waals surface area contributed by atoms with Gasteiger partial charge in [-0.3, -0.25) is 19.3 Å². The first-order chi connectivity index (χ1) is 32.5. The second-order valence-corrected chi connectivity index (χ2v) is 17.1. The zero-order chi connectivity index (χ0) is 46.9. The second-order valence-electron chi connectivity index (χ2n) is 17.1. The molecule has 15 heteroatoms. The van der Waals surface area contributed by atoms with Gasteiger partial charge in [-0.05, 0) is 84.9 Å². The summed E-state index contributed by atoms with van der Waals surface area (Å²) in [6.45, 7) is 3.58. The molecule has 6 N–H and O–H groups in total. The largest absolute Gasteiger partial charge is 0.506 e. The molecule has 348 valence electrons. The third-order valence-electron chi connectivity index (χ3n) is 12.5. The van der Waals surface area contributed by atoms with Crippen LogP contribution < -0.4 is 25.7 Å². The Hall–Kier alpha value is -7.04. The molecule has 2 atom stereocenters. The van der Waals surface area contributed by atoms with E-state index in [1.165, 1.54) is 30.9 Å². The number of phenols is 1. The van der Waals surface area contributed by atoms with E-state index in [2.05, 4.69) is 32.7 Å². The molecule has 6 aromatic rings. The van der Waals surface area contributed by atoms with Crippen LogP contribution in [-0.4, -0.2) is 107 Å². The predicted octanol–water partition coefficient (Wildman–Crippen LogP) is 4.78. The maximum Gasteiger partial charge on any atom is 0.347 e. The minimum absolute atomic E-state index is 0.0900. The van der Waals surface area contributed by atoms with Crippen molar-refractivity contribution in [3.05, 3.63) is 171 Å². The summed E-state index contributed by atoms with van der Waals surface area (Å²) in [7, 11) is 1.51. The van der Waals surface area contributed by atoms with Crippen molar-refractivity contribution in [1.29, 1.82) is 0 Å². The molecule has 0 spiro atoms. The van der Waals surface area contributed by atoms with Crippen LogP contribution in [0.15, 0.2) is 132 Å². The lowest BCUT2D eigenvalue weighted by atomic mass is 9.86. The average molecular weight is 910 g/mol. The number of amides is 2. The smallest absolute Gasteiger partial charge is 0.347 e. The number of aromatic hydroxyl groups is 1. The molecule has 0 bridgehead atoms. The van der Waals surface area contributed by atoms with Gasteiger partial charge in [-0.1, -0.05) is 84.9 Å². The van der Waals surface area contributed by atoms with Crippen molar-refractivity contribution in [2.45, 2.75) is 43.7 Å². The monoisotopic (exact) mass is 909 g/mol. The molecule has 15 nitrogen and oxygen atoms in total. The number of benzene rings is 5. The number of ether oxygens (including phenoxy) is 3. The number of likely N-dealkylation sites (tertiary alicyclic amines) is 2. The summed E-state index contributed by atoms with van der Waals surface area (Å²) in [5.41, 5.74) is 1.33. The number of pyridine rings is 1. The molecular formula is C52H55N5O10. The number of nitrogens with one attached hydrogen (secondary N) is 3. The fourth-order valence-corrected chi connectivity index (χ4v) is 8.71. The number of phenolic OH excluding ortho intramolecular Hbond substituents is 1. The first kappa shape index (κ1) is 46.5. The molecule has 2 saturated heterocycles.